The summed E-state index contributed by atoms with van der Waals surface area (Å²) in [6, 6.07) is 1.24. The van der Waals surface area contributed by atoms with E-state index in [-0.39, 0.29) is 24.0 Å². The van der Waals surface area contributed by atoms with Crippen LogP contribution in [0.25, 0.3) is 11.0 Å². The van der Waals surface area contributed by atoms with Crippen molar-refractivity contribution in [3.63, 3.8) is 0 Å². The van der Waals surface area contributed by atoms with Gasteiger partial charge in [0, 0.05) is 12.1 Å². The largest absolute Gasteiger partial charge is 0.393 e. The molecule has 2 aromatic heterocycles. The van der Waals surface area contributed by atoms with Crippen molar-refractivity contribution < 1.29 is 14.9 Å². The third kappa shape index (κ3) is 1.60. The summed E-state index contributed by atoms with van der Waals surface area (Å²) in [7, 11) is 0. The monoisotopic (exact) mass is 292 g/mol. The average molecular weight is 292 g/mol. The highest BCUT2D eigenvalue weighted by Gasteiger charge is 2.58. The number of aliphatic hydroxyl groups is 2. The number of ether oxygens (including phenoxy) is 1. The summed E-state index contributed by atoms with van der Waals surface area (Å²) < 4.78 is 7.06. The molecule has 0 amide bonds. The zero-order valence-corrected chi connectivity index (χ0v) is 11.2. The molecular weight excluding hydrogens is 276 g/mol. The van der Waals surface area contributed by atoms with E-state index in [4.69, 9.17) is 10.5 Å². The minimum atomic E-state index is -1.15. The first-order valence-corrected chi connectivity index (χ1v) is 6.85. The number of nitrogens with one attached hydrogen (secondary N) is 1. The number of nitrogens with zero attached hydrogens (tertiary/aromatic N) is 2. The van der Waals surface area contributed by atoms with Crippen LogP contribution >= 0.6 is 0 Å². The Morgan fingerprint density at radius 2 is 2.38 bits per heavy atom. The molecular formula is C13H16N4O4. The molecule has 112 valence electrons. The number of anilines is 1. The van der Waals surface area contributed by atoms with Crippen LogP contribution in [0.3, 0.4) is 0 Å². The second kappa shape index (κ2) is 4.06. The number of H-pyrrole nitrogens is 1. The molecule has 4 rings (SSSR count). The second-order valence-corrected chi connectivity index (χ2v) is 5.84. The van der Waals surface area contributed by atoms with Crippen LogP contribution in [0.2, 0.25) is 0 Å². The van der Waals surface area contributed by atoms with E-state index < -0.39 is 17.7 Å². The molecule has 0 bridgehead atoms. The summed E-state index contributed by atoms with van der Waals surface area (Å²) in [5.41, 5.74) is 4.55. The van der Waals surface area contributed by atoms with Crippen LogP contribution in [0, 0.1) is 5.92 Å². The van der Waals surface area contributed by atoms with E-state index in [1.807, 2.05) is 0 Å². The van der Waals surface area contributed by atoms with E-state index in [0.717, 1.165) is 0 Å². The Labute approximate surface area is 119 Å². The van der Waals surface area contributed by atoms with Gasteiger partial charge in [0.05, 0.1) is 30.7 Å². The third-order valence-electron chi connectivity index (χ3n) is 4.71. The second-order valence-electron chi connectivity index (χ2n) is 5.84. The van der Waals surface area contributed by atoms with Crippen molar-refractivity contribution in [3.8, 4) is 0 Å². The van der Waals surface area contributed by atoms with Crippen molar-refractivity contribution in [1.82, 2.24) is 14.5 Å². The summed E-state index contributed by atoms with van der Waals surface area (Å²) in [5, 5.41) is 21.4. The number of fused-ring (bicyclic) bond motifs is 2. The fourth-order valence-corrected chi connectivity index (χ4v) is 3.65. The number of rotatable bonds is 1. The lowest BCUT2D eigenvalue weighted by molar-refractivity contribution is -0.0249. The van der Waals surface area contributed by atoms with Crippen LogP contribution in [-0.2, 0) is 4.74 Å². The highest BCUT2D eigenvalue weighted by Crippen LogP contribution is 2.48. The molecule has 0 radical (unpaired) electrons. The molecule has 0 aromatic carbocycles. The molecule has 4 atom stereocenters. The maximum atomic E-state index is 11.9. The van der Waals surface area contributed by atoms with Gasteiger partial charge in [-0.05, 0) is 12.5 Å². The van der Waals surface area contributed by atoms with Crippen molar-refractivity contribution in [2.24, 2.45) is 5.92 Å². The Morgan fingerprint density at radius 1 is 1.57 bits per heavy atom. The van der Waals surface area contributed by atoms with E-state index in [9.17, 15) is 15.0 Å². The van der Waals surface area contributed by atoms with Crippen molar-refractivity contribution in [2.45, 2.75) is 24.2 Å². The molecule has 2 aromatic rings. The van der Waals surface area contributed by atoms with Gasteiger partial charge in [-0.3, -0.25) is 9.78 Å². The van der Waals surface area contributed by atoms with Crippen molar-refractivity contribution in [1.29, 1.82) is 0 Å². The van der Waals surface area contributed by atoms with Crippen LogP contribution in [0.1, 0.15) is 12.5 Å². The molecule has 1 unspecified atom stereocenters. The molecule has 8 nitrogen and oxygen atoms in total. The number of hydrogen-bond donors (Lipinski definition) is 4. The molecule has 0 spiro atoms. The first kappa shape index (κ1) is 12.8. The molecule has 21 heavy (non-hydrogen) atoms. The lowest BCUT2D eigenvalue weighted by Crippen LogP contribution is -2.41. The summed E-state index contributed by atoms with van der Waals surface area (Å²) >= 11 is 0. The summed E-state index contributed by atoms with van der Waals surface area (Å²) in [6.45, 7) is 0.501. The Hall–Kier alpha value is -1.90. The summed E-state index contributed by atoms with van der Waals surface area (Å²) in [5.74, 6) is -0.295. The third-order valence-corrected chi connectivity index (χ3v) is 4.71. The van der Waals surface area contributed by atoms with Crippen molar-refractivity contribution in [3.05, 3.63) is 22.6 Å². The average Bonchev–Trinajstić information content (AvgIpc) is 3.05. The number of aromatic nitrogens is 3. The maximum Gasteiger partial charge on any atom is 0.261 e. The molecule has 2 aliphatic rings. The maximum absolute atomic E-state index is 11.9. The van der Waals surface area contributed by atoms with E-state index in [1.54, 1.807) is 16.8 Å². The summed E-state index contributed by atoms with van der Waals surface area (Å²) in [4.78, 5) is 18.5. The zero-order chi connectivity index (χ0) is 14.8. The normalized spacial score (nSPS) is 35.4. The van der Waals surface area contributed by atoms with E-state index in [1.165, 1.54) is 0 Å². The van der Waals surface area contributed by atoms with Gasteiger partial charge in [-0.2, -0.15) is 4.98 Å². The van der Waals surface area contributed by atoms with Gasteiger partial charge in [-0.25, -0.2) is 0 Å². The van der Waals surface area contributed by atoms with Gasteiger partial charge < -0.3 is 25.3 Å². The molecule has 1 aliphatic carbocycles. The molecule has 5 N–H and O–H groups in total. The van der Waals surface area contributed by atoms with E-state index >= 15 is 0 Å². The van der Waals surface area contributed by atoms with Crippen molar-refractivity contribution >= 4 is 17.0 Å². The minimum absolute atomic E-state index is 0.0252. The van der Waals surface area contributed by atoms with Gasteiger partial charge in [-0.1, -0.05) is 0 Å². The predicted molar refractivity (Wildman–Crippen MR) is 73.7 cm³/mol. The zero-order valence-electron chi connectivity index (χ0n) is 11.2. The fourth-order valence-electron chi connectivity index (χ4n) is 3.65. The number of hydrogen-bond acceptors (Lipinski definition) is 6. The topological polar surface area (TPSA) is 126 Å². The highest BCUT2D eigenvalue weighted by atomic mass is 16.5. The van der Waals surface area contributed by atoms with Gasteiger partial charge in [-0.15, -0.1) is 0 Å². The molecule has 8 heteroatoms. The molecule has 1 aliphatic heterocycles. The number of nitrogens with two attached hydrogens (primary N) is 1. The van der Waals surface area contributed by atoms with Gasteiger partial charge in [0.1, 0.15) is 11.2 Å². The van der Waals surface area contributed by atoms with Crippen LogP contribution in [0.15, 0.2) is 17.1 Å². The lowest BCUT2D eigenvalue weighted by Gasteiger charge is -2.29. The van der Waals surface area contributed by atoms with Gasteiger partial charge >= 0.3 is 0 Å². The van der Waals surface area contributed by atoms with E-state index in [2.05, 4.69) is 9.97 Å². The number of aliphatic hydroxyl groups excluding tert-OH is 1. The first-order chi connectivity index (χ1) is 10.0. The van der Waals surface area contributed by atoms with Crippen molar-refractivity contribution in [2.75, 3.05) is 18.9 Å². The highest BCUT2D eigenvalue weighted by molar-refractivity contribution is 5.76. The number of aromatic amines is 1. The van der Waals surface area contributed by atoms with Gasteiger partial charge in [0.15, 0.2) is 0 Å². The van der Waals surface area contributed by atoms with Crippen LogP contribution in [0.4, 0.5) is 5.95 Å². The first-order valence-electron chi connectivity index (χ1n) is 6.85. The minimum Gasteiger partial charge on any atom is -0.393 e. The molecule has 2 fully saturated rings. The van der Waals surface area contributed by atoms with E-state index in [0.29, 0.717) is 24.1 Å². The standard InChI is InChI=1S/C13H16N4O4/c14-12-15-10-6(11(19)16-12)1-2-17(10)9-3-8(18)7-4-21-5-13(7,9)20/h1-2,7-9,18,20H,3-5H2,(H3,14,15,16,19)/t7?,8-,9-,13-/m0/s1. The lowest BCUT2D eigenvalue weighted by atomic mass is 9.91. The quantitative estimate of drug-likeness (QED) is 0.533. The SMILES string of the molecule is Nc1nc2c(ccn2[C@H]2C[C@H](O)C3COC[C@]32O)c(=O)[nH]1. The van der Waals surface area contributed by atoms with Gasteiger partial charge in [0.2, 0.25) is 5.95 Å². The Morgan fingerprint density at radius 3 is 3.19 bits per heavy atom. The summed E-state index contributed by atoms with van der Waals surface area (Å²) in [6.07, 6.45) is 1.45. The van der Waals surface area contributed by atoms with Crippen LogP contribution < -0.4 is 11.3 Å². The Balaban J connectivity index is 1.89. The Bertz CT molecular complexity index is 769. The fraction of sp³-hybridized carbons (Fsp3) is 0.538. The predicted octanol–water partition coefficient (Wildman–Crippen LogP) is -1.01. The molecule has 1 saturated heterocycles. The molecule has 1 saturated carbocycles. The van der Waals surface area contributed by atoms with Crippen LogP contribution in [0.5, 0.6) is 0 Å². The number of nitrogen functional groups attached to an aromatic ring is 1. The molecule has 3 heterocycles. The van der Waals surface area contributed by atoms with Gasteiger partial charge in [0.25, 0.3) is 5.56 Å². The Kier molecular flexibility index (Phi) is 2.48. The van der Waals surface area contributed by atoms with Crippen LogP contribution in [-0.4, -0.2) is 49.7 Å². The smallest absolute Gasteiger partial charge is 0.261 e.